The Morgan fingerprint density at radius 1 is 1.33 bits per heavy atom. The molecule has 0 heterocycles. The van der Waals surface area contributed by atoms with E-state index in [2.05, 4.69) is 38.1 Å². The zero-order valence-electron chi connectivity index (χ0n) is 9.79. The molecule has 0 radical (unpaired) electrons. The van der Waals surface area contributed by atoms with Gasteiger partial charge in [-0.2, -0.15) is 0 Å². The molecule has 82 valence electrons. The Kier molecular flexibility index (Phi) is 2.83. The maximum Gasteiger partial charge on any atom is 0.00475 e. The molecule has 1 heteroatoms. The molecular weight excluding hydrogens is 182 g/mol. The number of hydrogen-bond donors (Lipinski definition) is 1. The largest absolute Gasteiger partial charge is 0.328 e. The van der Waals surface area contributed by atoms with Gasteiger partial charge in [-0.15, -0.1) is 0 Å². The fourth-order valence-electron chi connectivity index (χ4n) is 2.69. The Morgan fingerprint density at radius 3 is 2.47 bits per heavy atom. The lowest BCUT2D eigenvalue weighted by molar-refractivity contribution is 0.482. The molecule has 2 atom stereocenters. The lowest BCUT2D eigenvalue weighted by Crippen LogP contribution is -2.22. The second-order valence-corrected chi connectivity index (χ2v) is 5.11. The van der Waals surface area contributed by atoms with Gasteiger partial charge in [0.1, 0.15) is 0 Å². The molecular formula is C14H21N. The molecule has 1 aliphatic rings. The third-order valence-electron chi connectivity index (χ3n) is 3.84. The molecule has 0 aromatic heterocycles. The summed E-state index contributed by atoms with van der Waals surface area (Å²) in [6, 6.07) is 9.49. The number of aryl methyl sites for hydroxylation is 1. The summed E-state index contributed by atoms with van der Waals surface area (Å²) < 4.78 is 0. The molecule has 0 saturated heterocycles. The Hall–Kier alpha value is -0.820. The van der Waals surface area contributed by atoms with Gasteiger partial charge in [-0.1, -0.05) is 38.1 Å². The minimum Gasteiger partial charge on any atom is -0.328 e. The normalized spacial score (nSPS) is 30.7. The van der Waals surface area contributed by atoms with E-state index in [-0.39, 0.29) is 0 Å². The van der Waals surface area contributed by atoms with E-state index in [0.717, 1.165) is 12.8 Å². The van der Waals surface area contributed by atoms with Gasteiger partial charge in [0.2, 0.25) is 0 Å². The average molecular weight is 203 g/mol. The molecule has 2 rings (SSSR count). The number of rotatable bonds is 2. The molecule has 15 heavy (non-hydrogen) atoms. The van der Waals surface area contributed by atoms with Gasteiger partial charge in [-0.25, -0.2) is 0 Å². The standard InChI is InChI=1S/C14H21N/c1-3-11-4-6-12(7-5-11)14(2)9-8-13(15)10-14/h4-7,13H,3,8-10,15H2,1-2H3. The maximum atomic E-state index is 6.00. The van der Waals surface area contributed by atoms with Gasteiger partial charge in [-0.05, 0) is 42.2 Å². The van der Waals surface area contributed by atoms with Crippen molar-refractivity contribution in [2.24, 2.45) is 5.73 Å². The van der Waals surface area contributed by atoms with Crippen LogP contribution < -0.4 is 5.73 Å². The first-order chi connectivity index (χ1) is 7.14. The van der Waals surface area contributed by atoms with Crippen LogP contribution in [0, 0.1) is 0 Å². The molecule has 0 amide bonds. The molecule has 0 spiro atoms. The van der Waals surface area contributed by atoms with Crippen molar-refractivity contribution in [2.75, 3.05) is 0 Å². The van der Waals surface area contributed by atoms with Crippen LogP contribution in [0.5, 0.6) is 0 Å². The molecule has 2 N–H and O–H groups in total. The van der Waals surface area contributed by atoms with Crippen LogP contribution in [0.2, 0.25) is 0 Å². The summed E-state index contributed by atoms with van der Waals surface area (Å²) in [5.41, 5.74) is 9.22. The molecule has 1 nitrogen and oxygen atoms in total. The second-order valence-electron chi connectivity index (χ2n) is 5.11. The van der Waals surface area contributed by atoms with Crippen molar-refractivity contribution in [3.63, 3.8) is 0 Å². The van der Waals surface area contributed by atoms with E-state index >= 15 is 0 Å². The maximum absolute atomic E-state index is 6.00. The van der Waals surface area contributed by atoms with Gasteiger partial charge in [0.25, 0.3) is 0 Å². The first-order valence-corrected chi connectivity index (χ1v) is 5.99. The highest BCUT2D eigenvalue weighted by atomic mass is 14.7. The minimum atomic E-state index is 0.325. The monoisotopic (exact) mass is 203 g/mol. The molecule has 1 aromatic carbocycles. The summed E-state index contributed by atoms with van der Waals surface area (Å²) in [6.45, 7) is 4.54. The van der Waals surface area contributed by atoms with Crippen molar-refractivity contribution in [1.29, 1.82) is 0 Å². The minimum absolute atomic E-state index is 0.325. The highest BCUT2D eigenvalue weighted by Gasteiger charge is 2.34. The third-order valence-corrected chi connectivity index (χ3v) is 3.84. The van der Waals surface area contributed by atoms with Gasteiger partial charge >= 0.3 is 0 Å². The Labute approximate surface area is 92.7 Å². The van der Waals surface area contributed by atoms with Crippen molar-refractivity contribution in [2.45, 2.75) is 51.0 Å². The van der Waals surface area contributed by atoms with Crippen molar-refractivity contribution in [3.05, 3.63) is 35.4 Å². The molecule has 1 aromatic rings. The second kappa shape index (κ2) is 3.97. The highest BCUT2D eigenvalue weighted by molar-refractivity contribution is 5.30. The van der Waals surface area contributed by atoms with Gasteiger partial charge in [0.05, 0.1) is 0 Å². The summed E-state index contributed by atoms with van der Waals surface area (Å²) >= 11 is 0. The molecule has 0 bridgehead atoms. The predicted molar refractivity (Wildman–Crippen MR) is 65.0 cm³/mol. The Morgan fingerprint density at radius 2 is 2.00 bits per heavy atom. The van der Waals surface area contributed by atoms with Crippen molar-refractivity contribution in [1.82, 2.24) is 0 Å². The molecule has 0 aliphatic heterocycles. The topological polar surface area (TPSA) is 26.0 Å². The van der Waals surface area contributed by atoms with Crippen LogP contribution in [0.15, 0.2) is 24.3 Å². The lowest BCUT2D eigenvalue weighted by atomic mass is 9.80. The fourth-order valence-corrected chi connectivity index (χ4v) is 2.69. The van der Waals surface area contributed by atoms with E-state index in [0.29, 0.717) is 11.5 Å². The van der Waals surface area contributed by atoms with Crippen molar-refractivity contribution >= 4 is 0 Å². The highest BCUT2D eigenvalue weighted by Crippen LogP contribution is 2.39. The smallest absolute Gasteiger partial charge is 0.00475 e. The molecule has 1 aliphatic carbocycles. The van der Waals surface area contributed by atoms with Crippen LogP contribution in [0.1, 0.15) is 44.2 Å². The summed E-state index contributed by atoms with van der Waals surface area (Å²) in [5, 5.41) is 0. The summed E-state index contributed by atoms with van der Waals surface area (Å²) in [4.78, 5) is 0. The fraction of sp³-hybridized carbons (Fsp3) is 0.571. The zero-order valence-corrected chi connectivity index (χ0v) is 9.79. The van der Waals surface area contributed by atoms with Gasteiger partial charge in [0, 0.05) is 6.04 Å². The Balaban J connectivity index is 2.22. The van der Waals surface area contributed by atoms with Crippen LogP contribution in [0.4, 0.5) is 0 Å². The van der Waals surface area contributed by atoms with Crippen molar-refractivity contribution < 1.29 is 0 Å². The average Bonchev–Trinajstić information content (AvgIpc) is 2.60. The summed E-state index contributed by atoms with van der Waals surface area (Å²) in [6.07, 6.45) is 4.67. The van der Waals surface area contributed by atoms with E-state index in [1.165, 1.54) is 24.0 Å². The van der Waals surface area contributed by atoms with Crippen LogP contribution in [-0.4, -0.2) is 6.04 Å². The molecule has 1 fully saturated rings. The lowest BCUT2D eigenvalue weighted by Gasteiger charge is -2.24. The van der Waals surface area contributed by atoms with Gasteiger partial charge in [0.15, 0.2) is 0 Å². The van der Waals surface area contributed by atoms with Crippen LogP contribution in [0.25, 0.3) is 0 Å². The predicted octanol–water partition coefficient (Wildman–Crippen LogP) is 3.02. The number of nitrogens with two attached hydrogens (primary N) is 1. The van der Waals surface area contributed by atoms with Gasteiger partial charge < -0.3 is 5.73 Å². The third kappa shape index (κ3) is 2.07. The van der Waals surface area contributed by atoms with Crippen LogP contribution in [-0.2, 0) is 11.8 Å². The zero-order chi connectivity index (χ0) is 10.9. The van der Waals surface area contributed by atoms with Crippen molar-refractivity contribution in [3.8, 4) is 0 Å². The Bertz CT molecular complexity index is 328. The summed E-state index contributed by atoms with van der Waals surface area (Å²) in [7, 11) is 0. The van der Waals surface area contributed by atoms with E-state index in [9.17, 15) is 0 Å². The summed E-state index contributed by atoms with van der Waals surface area (Å²) in [5.74, 6) is 0. The van der Waals surface area contributed by atoms with E-state index < -0.39 is 0 Å². The van der Waals surface area contributed by atoms with Gasteiger partial charge in [-0.3, -0.25) is 0 Å². The SMILES string of the molecule is CCc1ccc(C2(C)CCC(N)C2)cc1. The number of hydrogen-bond acceptors (Lipinski definition) is 1. The van der Waals surface area contributed by atoms with E-state index in [1.807, 2.05) is 0 Å². The molecule has 2 unspecified atom stereocenters. The first kappa shape index (κ1) is 10.7. The quantitative estimate of drug-likeness (QED) is 0.785. The number of benzene rings is 1. The molecule has 1 saturated carbocycles. The van der Waals surface area contributed by atoms with Crippen LogP contribution in [0.3, 0.4) is 0 Å². The van der Waals surface area contributed by atoms with E-state index in [4.69, 9.17) is 5.73 Å². The van der Waals surface area contributed by atoms with E-state index in [1.54, 1.807) is 0 Å². The van der Waals surface area contributed by atoms with Crippen LogP contribution >= 0.6 is 0 Å². The first-order valence-electron chi connectivity index (χ1n) is 5.99.